The van der Waals surface area contributed by atoms with Crippen molar-refractivity contribution in [3.63, 3.8) is 0 Å². The Balaban J connectivity index is 1.61. The van der Waals surface area contributed by atoms with E-state index in [1.54, 1.807) is 23.6 Å². The fourth-order valence-corrected chi connectivity index (χ4v) is 3.09. The third-order valence-corrected chi connectivity index (χ3v) is 4.49. The van der Waals surface area contributed by atoms with Gasteiger partial charge in [-0.15, -0.1) is 11.3 Å². The minimum absolute atomic E-state index is 0.0456. The second kappa shape index (κ2) is 8.40. The average Bonchev–Trinajstić information content (AvgIpc) is 3.09. The number of benzene rings is 2. The maximum atomic E-state index is 12.9. The van der Waals surface area contributed by atoms with Gasteiger partial charge in [0.05, 0.1) is 23.4 Å². The molecule has 3 aromatic rings. The van der Waals surface area contributed by atoms with Crippen LogP contribution in [0.1, 0.15) is 26.4 Å². The van der Waals surface area contributed by atoms with Crippen LogP contribution < -0.4 is 16.4 Å². The maximum absolute atomic E-state index is 12.9. The molecule has 0 bridgehead atoms. The molecule has 1 aromatic heterocycles. The fourth-order valence-electron chi connectivity index (χ4n) is 2.38. The number of amides is 3. The van der Waals surface area contributed by atoms with Crippen molar-refractivity contribution in [2.45, 2.75) is 6.42 Å². The molecule has 0 aliphatic heterocycles. The molecule has 4 N–H and O–H groups in total. The van der Waals surface area contributed by atoms with Crippen molar-refractivity contribution >= 4 is 39.9 Å². The third kappa shape index (κ3) is 4.77. The first-order valence-electron chi connectivity index (χ1n) is 8.12. The van der Waals surface area contributed by atoms with Gasteiger partial charge >= 0.3 is 0 Å². The first kappa shape index (κ1) is 19.2. The lowest BCUT2D eigenvalue weighted by atomic mass is 10.1. The van der Waals surface area contributed by atoms with Gasteiger partial charge in [-0.3, -0.25) is 19.7 Å². The van der Waals surface area contributed by atoms with E-state index < -0.39 is 17.6 Å². The molecule has 0 saturated carbocycles. The Morgan fingerprint density at radius 1 is 1.04 bits per heavy atom. The Bertz CT molecular complexity index is 1030. The highest BCUT2D eigenvalue weighted by molar-refractivity contribution is 7.14. The number of nitrogens with zero attached hydrogens (tertiary/aromatic N) is 1. The minimum atomic E-state index is -0.643. The van der Waals surface area contributed by atoms with Gasteiger partial charge < -0.3 is 11.1 Å². The topological polar surface area (TPSA) is 114 Å². The summed E-state index contributed by atoms with van der Waals surface area (Å²) in [6.07, 6.45) is -0.0456. The summed E-state index contributed by atoms with van der Waals surface area (Å²) in [5.41, 5.74) is 6.56. The zero-order valence-electron chi connectivity index (χ0n) is 14.4. The van der Waals surface area contributed by atoms with Crippen LogP contribution in [0, 0.1) is 5.82 Å². The number of rotatable bonds is 6. The number of aromatic nitrogens is 1. The average molecular weight is 398 g/mol. The van der Waals surface area contributed by atoms with Crippen LogP contribution in [0.2, 0.25) is 0 Å². The fraction of sp³-hybridized carbons (Fsp3) is 0.0526. The smallest absolute Gasteiger partial charge is 0.257 e. The molecule has 0 unspecified atom stereocenters. The van der Waals surface area contributed by atoms with E-state index in [1.165, 1.54) is 30.3 Å². The second-order valence-electron chi connectivity index (χ2n) is 5.74. The molecule has 0 aliphatic carbocycles. The molecule has 142 valence electrons. The van der Waals surface area contributed by atoms with Gasteiger partial charge in [0.15, 0.2) is 5.13 Å². The zero-order chi connectivity index (χ0) is 20.1. The number of hydrogen-bond donors (Lipinski definition) is 3. The Kier molecular flexibility index (Phi) is 5.75. The molecule has 0 spiro atoms. The van der Waals surface area contributed by atoms with Crippen molar-refractivity contribution in [3.05, 3.63) is 76.5 Å². The van der Waals surface area contributed by atoms with Crippen LogP contribution in [0.4, 0.5) is 15.2 Å². The van der Waals surface area contributed by atoms with Crippen LogP contribution in [0.25, 0.3) is 0 Å². The quantitative estimate of drug-likeness (QED) is 0.592. The molecule has 28 heavy (non-hydrogen) atoms. The highest BCUT2D eigenvalue weighted by atomic mass is 32.1. The highest BCUT2D eigenvalue weighted by Gasteiger charge is 2.14. The number of nitrogens with two attached hydrogens (primary N) is 1. The second-order valence-corrected chi connectivity index (χ2v) is 6.60. The van der Waals surface area contributed by atoms with Crippen molar-refractivity contribution in [3.8, 4) is 0 Å². The van der Waals surface area contributed by atoms with Crippen LogP contribution >= 0.6 is 11.3 Å². The predicted octanol–water partition coefficient (Wildman–Crippen LogP) is 2.81. The van der Waals surface area contributed by atoms with Gasteiger partial charge in [0.25, 0.3) is 11.8 Å². The summed E-state index contributed by atoms with van der Waals surface area (Å²) in [5, 5.41) is 7.17. The molecule has 0 radical (unpaired) electrons. The van der Waals surface area contributed by atoms with E-state index in [0.717, 1.165) is 11.3 Å². The van der Waals surface area contributed by atoms with Crippen molar-refractivity contribution in [2.75, 3.05) is 10.6 Å². The lowest BCUT2D eigenvalue weighted by Gasteiger charge is -2.07. The summed E-state index contributed by atoms with van der Waals surface area (Å²) in [6.45, 7) is 0. The molecule has 7 nitrogen and oxygen atoms in total. The van der Waals surface area contributed by atoms with Gasteiger partial charge in [0.2, 0.25) is 5.91 Å². The van der Waals surface area contributed by atoms with E-state index >= 15 is 0 Å². The van der Waals surface area contributed by atoms with E-state index in [0.29, 0.717) is 22.1 Å². The molecule has 1 heterocycles. The summed E-state index contributed by atoms with van der Waals surface area (Å²) < 4.78 is 12.9. The van der Waals surface area contributed by atoms with Crippen LogP contribution in [0.15, 0.2) is 53.9 Å². The lowest BCUT2D eigenvalue weighted by molar-refractivity contribution is -0.115. The minimum Gasteiger partial charge on any atom is -0.366 e. The predicted molar refractivity (Wildman–Crippen MR) is 104 cm³/mol. The summed E-state index contributed by atoms with van der Waals surface area (Å²) in [5.74, 6) is -1.89. The molecule has 0 aliphatic rings. The maximum Gasteiger partial charge on any atom is 0.257 e. The van der Waals surface area contributed by atoms with Gasteiger partial charge in [-0.2, -0.15) is 0 Å². The molecular formula is C19H15FN4O3S. The molecule has 0 atom stereocenters. The molecule has 0 fully saturated rings. The van der Waals surface area contributed by atoms with Gasteiger partial charge in [-0.1, -0.05) is 12.1 Å². The number of carbonyl (C=O) groups is 3. The number of hydrogen-bond acceptors (Lipinski definition) is 5. The first-order valence-corrected chi connectivity index (χ1v) is 9.00. The number of anilines is 2. The Hall–Kier alpha value is -3.59. The number of halogens is 1. The van der Waals surface area contributed by atoms with E-state index in [2.05, 4.69) is 15.6 Å². The van der Waals surface area contributed by atoms with Crippen molar-refractivity contribution < 1.29 is 18.8 Å². The number of para-hydroxylation sites is 1. The SMILES string of the molecule is NC(=O)c1ccccc1NC(=O)Cc1csc(NC(=O)c2ccc(F)cc2)n1. The summed E-state index contributed by atoms with van der Waals surface area (Å²) in [7, 11) is 0. The Morgan fingerprint density at radius 2 is 1.75 bits per heavy atom. The van der Waals surface area contributed by atoms with Crippen LogP contribution in [0.5, 0.6) is 0 Å². The van der Waals surface area contributed by atoms with Gasteiger partial charge in [0, 0.05) is 10.9 Å². The normalized spacial score (nSPS) is 10.3. The van der Waals surface area contributed by atoms with E-state index in [4.69, 9.17) is 5.73 Å². The van der Waals surface area contributed by atoms with Crippen LogP contribution in [-0.2, 0) is 11.2 Å². The first-order chi connectivity index (χ1) is 13.4. The van der Waals surface area contributed by atoms with E-state index in [9.17, 15) is 18.8 Å². The highest BCUT2D eigenvalue weighted by Crippen LogP contribution is 2.19. The monoisotopic (exact) mass is 398 g/mol. The molecule has 3 amide bonds. The van der Waals surface area contributed by atoms with Crippen LogP contribution in [0.3, 0.4) is 0 Å². The van der Waals surface area contributed by atoms with Crippen molar-refractivity contribution in [1.29, 1.82) is 0 Å². The standard InChI is InChI=1S/C19H15FN4O3S/c20-12-7-5-11(6-8-12)18(27)24-19-22-13(10-28-19)9-16(25)23-15-4-2-1-3-14(15)17(21)26/h1-8,10H,9H2,(H2,21,26)(H,23,25)(H,22,24,27). The number of thiazole rings is 1. The third-order valence-electron chi connectivity index (χ3n) is 3.69. The molecular weight excluding hydrogens is 383 g/mol. The number of primary amides is 1. The Morgan fingerprint density at radius 3 is 2.46 bits per heavy atom. The van der Waals surface area contributed by atoms with Crippen molar-refractivity contribution in [1.82, 2.24) is 4.98 Å². The van der Waals surface area contributed by atoms with Gasteiger partial charge in [0.1, 0.15) is 5.82 Å². The Labute approximate surface area is 163 Å². The molecule has 2 aromatic carbocycles. The molecule has 9 heteroatoms. The largest absolute Gasteiger partial charge is 0.366 e. The number of carbonyl (C=O) groups excluding carboxylic acids is 3. The molecule has 0 saturated heterocycles. The van der Waals surface area contributed by atoms with Gasteiger partial charge in [-0.25, -0.2) is 9.37 Å². The van der Waals surface area contributed by atoms with E-state index in [1.807, 2.05) is 0 Å². The summed E-state index contributed by atoms with van der Waals surface area (Å²) >= 11 is 1.16. The van der Waals surface area contributed by atoms with Gasteiger partial charge in [-0.05, 0) is 36.4 Å². The van der Waals surface area contributed by atoms with E-state index in [-0.39, 0.29) is 17.9 Å². The number of nitrogens with one attached hydrogen (secondary N) is 2. The van der Waals surface area contributed by atoms with Crippen LogP contribution in [-0.4, -0.2) is 22.7 Å². The molecule has 3 rings (SSSR count). The zero-order valence-corrected chi connectivity index (χ0v) is 15.3. The summed E-state index contributed by atoms with van der Waals surface area (Å²) in [4.78, 5) is 39.9. The summed E-state index contributed by atoms with van der Waals surface area (Å²) in [6, 6.07) is 11.5. The van der Waals surface area contributed by atoms with Crippen molar-refractivity contribution in [2.24, 2.45) is 5.73 Å². The lowest BCUT2D eigenvalue weighted by Crippen LogP contribution is -2.19.